The summed E-state index contributed by atoms with van der Waals surface area (Å²) in [7, 11) is 0. The minimum Gasteiger partial charge on any atom is -0.481 e. The van der Waals surface area contributed by atoms with Crippen LogP contribution < -0.4 is 21.7 Å². The Morgan fingerprint density at radius 1 is 0.844 bits per heavy atom. The van der Waals surface area contributed by atoms with Crippen molar-refractivity contribution >= 4 is 35.6 Å². The van der Waals surface area contributed by atoms with Gasteiger partial charge in [0.05, 0.1) is 19.1 Å². The van der Waals surface area contributed by atoms with Crippen LogP contribution in [-0.4, -0.2) is 86.8 Å². The van der Waals surface area contributed by atoms with Gasteiger partial charge in [0.2, 0.25) is 17.7 Å². The van der Waals surface area contributed by atoms with Crippen molar-refractivity contribution in [2.75, 3.05) is 6.61 Å². The molecule has 0 spiro atoms. The van der Waals surface area contributed by atoms with Crippen molar-refractivity contribution in [3.05, 3.63) is 0 Å². The van der Waals surface area contributed by atoms with Crippen LogP contribution >= 0.6 is 0 Å². The van der Waals surface area contributed by atoms with Crippen LogP contribution in [0, 0.1) is 5.92 Å². The Kier molecular flexibility index (Phi) is 12.5. The number of carboxylic acids is 3. The molecule has 0 aliphatic rings. The van der Waals surface area contributed by atoms with Gasteiger partial charge in [-0.15, -0.1) is 0 Å². The Labute approximate surface area is 183 Å². The topological polar surface area (TPSA) is 245 Å². The van der Waals surface area contributed by atoms with E-state index < -0.39 is 91.6 Å². The molecule has 32 heavy (non-hydrogen) atoms. The molecule has 0 aromatic heterocycles. The molecule has 0 heterocycles. The van der Waals surface area contributed by atoms with E-state index in [1.54, 1.807) is 13.8 Å². The zero-order valence-electron chi connectivity index (χ0n) is 17.7. The summed E-state index contributed by atoms with van der Waals surface area (Å²) >= 11 is 0. The normalized spacial score (nSPS) is 15.4. The van der Waals surface area contributed by atoms with E-state index >= 15 is 0 Å². The first-order chi connectivity index (χ1) is 14.8. The van der Waals surface area contributed by atoms with E-state index in [0.29, 0.717) is 6.42 Å². The first-order valence-electron chi connectivity index (χ1n) is 9.77. The molecule has 0 aromatic rings. The number of nitrogens with one attached hydrogen (secondary N) is 3. The highest BCUT2D eigenvalue weighted by atomic mass is 16.4. The molecule has 5 atom stereocenters. The summed E-state index contributed by atoms with van der Waals surface area (Å²) < 4.78 is 0. The van der Waals surface area contributed by atoms with Gasteiger partial charge in [-0.2, -0.15) is 0 Å². The number of carbonyl (C=O) groups is 6. The molecule has 0 aliphatic heterocycles. The highest BCUT2D eigenvalue weighted by molar-refractivity contribution is 5.95. The maximum Gasteiger partial charge on any atom is 0.326 e. The lowest BCUT2D eigenvalue weighted by Crippen LogP contribution is -2.59. The molecule has 5 unspecified atom stereocenters. The Morgan fingerprint density at radius 2 is 1.41 bits per heavy atom. The van der Waals surface area contributed by atoms with Crippen LogP contribution in [0.1, 0.15) is 39.5 Å². The van der Waals surface area contributed by atoms with Crippen molar-refractivity contribution in [1.82, 2.24) is 16.0 Å². The smallest absolute Gasteiger partial charge is 0.326 e. The molecule has 3 amide bonds. The van der Waals surface area contributed by atoms with Gasteiger partial charge in [-0.25, -0.2) is 4.79 Å². The minimum atomic E-state index is -1.59. The van der Waals surface area contributed by atoms with Gasteiger partial charge in [0, 0.05) is 6.42 Å². The van der Waals surface area contributed by atoms with E-state index in [4.69, 9.17) is 21.1 Å². The molecule has 9 N–H and O–H groups in total. The van der Waals surface area contributed by atoms with Gasteiger partial charge in [-0.05, 0) is 12.3 Å². The van der Waals surface area contributed by atoms with Gasteiger partial charge in [0.15, 0.2) is 0 Å². The summed E-state index contributed by atoms with van der Waals surface area (Å²) in [5, 5.41) is 42.6. The molecule has 0 rings (SSSR count). The average molecular weight is 462 g/mol. The number of carboxylic acid groups (broad SMARTS) is 3. The molecule has 182 valence electrons. The number of aliphatic carboxylic acids is 3. The van der Waals surface area contributed by atoms with Gasteiger partial charge in [-0.3, -0.25) is 24.0 Å². The van der Waals surface area contributed by atoms with Crippen molar-refractivity contribution in [2.45, 2.75) is 63.7 Å². The number of hydrogen-bond donors (Lipinski definition) is 8. The Morgan fingerprint density at radius 3 is 1.84 bits per heavy atom. The number of carbonyl (C=O) groups excluding carboxylic acids is 3. The number of amides is 3. The lowest BCUT2D eigenvalue weighted by Gasteiger charge is -2.27. The Balaban J connectivity index is 5.30. The van der Waals surface area contributed by atoms with E-state index in [2.05, 4.69) is 10.6 Å². The number of nitrogens with two attached hydrogens (primary N) is 1. The fourth-order valence-electron chi connectivity index (χ4n) is 2.50. The van der Waals surface area contributed by atoms with Gasteiger partial charge < -0.3 is 42.1 Å². The first-order valence-corrected chi connectivity index (χ1v) is 9.77. The number of aliphatic hydroxyl groups excluding tert-OH is 1. The highest BCUT2D eigenvalue weighted by Crippen LogP contribution is 2.09. The molecule has 0 aromatic carbocycles. The third-order valence-electron chi connectivity index (χ3n) is 4.60. The van der Waals surface area contributed by atoms with Crippen molar-refractivity contribution in [1.29, 1.82) is 0 Å². The van der Waals surface area contributed by atoms with Gasteiger partial charge in [0.25, 0.3) is 0 Å². The number of rotatable bonds is 15. The van der Waals surface area contributed by atoms with E-state index in [0.717, 1.165) is 0 Å². The molecule has 0 saturated heterocycles. The Bertz CT molecular complexity index is 714. The van der Waals surface area contributed by atoms with Gasteiger partial charge in [0.1, 0.15) is 18.1 Å². The zero-order valence-corrected chi connectivity index (χ0v) is 17.7. The lowest BCUT2D eigenvalue weighted by atomic mass is 9.97. The van der Waals surface area contributed by atoms with Crippen LogP contribution in [0.4, 0.5) is 0 Å². The second-order valence-corrected chi connectivity index (χ2v) is 7.15. The monoisotopic (exact) mass is 462 g/mol. The third kappa shape index (κ3) is 10.2. The summed E-state index contributed by atoms with van der Waals surface area (Å²) in [6, 6.07) is -5.81. The standard InChI is InChI=1S/C18H30N4O10/c1-3-8(2)14(22-15(28)9(19)6-13(26)27)17(30)21-11(7-23)16(29)20-10(18(31)32)4-5-12(24)25/h8-11,14,23H,3-7,19H2,1-2H3,(H,20,29)(H,21,30)(H,22,28)(H,24,25)(H,26,27)(H,31,32). The quantitative estimate of drug-likeness (QED) is 0.124. The molecular weight excluding hydrogens is 432 g/mol. The summed E-state index contributed by atoms with van der Waals surface area (Å²) in [6.07, 6.45) is -1.23. The molecule has 0 saturated carbocycles. The van der Waals surface area contributed by atoms with E-state index in [1.807, 2.05) is 5.32 Å². The third-order valence-corrected chi connectivity index (χ3v) is 4.60. The molecule has 0 fully saturated rings. The van der Waals surface area contributed by atoms with Crippen LogP contribution in [0.3, 0.4) is 0 Å². The molecule has 14 heteroatoms. The van der Waals surface area contributed by atoms with Gasteiger partial charge in [-0.1, -0.05) is 20.3 Å². The summed E-state index contributed by atoms with van der Waals surface area (Å²) in [5.74, 6) is -7.42. The van der Waals surface area contributed by atoms with Crippen LogP contribution in [0.2, 0.25) is 0 Å². The second kappa shape index (κ2) is 13.9. The molecular formula is C18H30N4O10. The van der Waals surface area contributed by atoms with Crippen molar-refractivity contribution in [3.8, 4) is 0 Å². The molecule has 0 bridgehead atoms. The van der Waals surface area contributed by atoms with Crippen LogP contribution in [-0.2, 0) is 28.8 Å². The predicted octanol–water partition coefficient (Wildman–Crippen LogP) is -2.77. The summed E-state index contributed by atoms with van der Waals surface area (Å²) in [5.41, 5.74) is 5.49. The number of aliphatic hydroxyl groups is 1. The SMILES string of the molecule is CCC(C)C(NC(=O)C(N)CC(=O)O)C(=O)NC(CO)C(=O)NC(CCC(=O)O)C(=O)O. The van der Waals surface area contributed by atoms with E-state index in [9.17, 15) is 33.9 Å². The maximum atomic E-state index is 12.7. The maximum absolute atomic E-state index is 12.7. The van der Waals surface area contributed by atoms with Crippen molar-refractivity contribution in [3.63, 3.8) is 0 Å². The predicted molar refractivity (Wildman–Crippen MR) is 107 cm³/mol. The minimum absolute atomic E-state index is 0.402. The van der Waals surface area contributed by atoms with Gasteiger partial charge >= 0.3 is 17.9 Å². The fraction of sp³-hybridized carbons (Fsp3) is 0.667. The summed E-state index contributed by atoms with van der Waals surface area (Å²) in [4.78, 5) is 69.7. The second-order valence-electron chi connectivity index (χ2n) is 7.15. The fourth-order valence-corrected chi connectivity index (χ4v) is 2.50. The molecule has 0 radical (unpaired) electrons. The zero-order chi connectivity index (χ0) is 25.0. The molecule has 0 aliphatic carbocycles. The van der Waals surface area contributed by atoms with Crippen LogP contribution in [0.15, 0.2) is 0 Å². The molecule has 14 nitrogen and oxygen atoms in total. The van der Waals surface area contributed by atoms with Crippen LogP contribution in [0.25, 0.3) is 0 Å². The average Bonchev–Trinajstić information content (AvgIpc) is 2.70. The number of hydrogen-bond acceptors (Lipinski definition) is 8. The largest absolute Gasteiger partial charge is 0.481 e. The van der Waals surface area contributed by atoms with E-state index in [-0.39, 0.29) is 0 Å². The van der Waals surface area contributed by atoms with Crippen molar-refractivity contribution in [2.24, 2.45) is 11.7 Å². The highest BCUT2D eigenvalue weighted by Gasteiger charge is 2.32. The lowest BCUT2D eigenvalue weighted by molar-refractivity contribution is -0.143. The first kappa shape index (κ1) is 28.7. The van der Waals surface area contributed by atoms with E-state index in [1.165, 1.54) is 0 Å². The Hall–Kier alpha value is -3.26. The summed E-state index contributed by atoms with van der Waals surface area (Å²) in [6.45, 7) is 2.40. The van der Waals surface area contributed by atoms with Crippen LogP contribution in [0.5, 0.6) is 0 Å². The van der Waals surface area contributed by atoms with Crippen molar-refractivity contribution < 1.29 is 49.2 Å².